The SMILES string of the molecule is Cn1cc(-c2nc(-c3nc4c(s3)CNCC4)c(-c3ccc(F)cc3O)c3sccc23)cn1. The number of hydrogen-bond acceptors (Lipinski definition) is 7. The van der Waals surface area contributed by atoms with Gasteiger partial charge in [0.1, 0.15) is 22.3 Å². The van der Waals surface area contributed by atoms with Crippen molar-refractivity contribution in [2.75, 3.05) is 6.54 Å². The van der Waals surface area contributed by atoms with Gasteiger partial charge in [-0.1, -0.05) is 0 Å². The van der Waals surface area contributed by atoms with Gasteiger partial charge in [0.2, 0.25) is 0 Å². The number of benzene rings is 1. The number of nitrogens with zero attached hydrogens (tertiary/aromatic N) is 4. The molecule has 5 aromatic rings. The van der Waals surface area contributed by atoms with Crippen LogP contribution >= 0.6 is 22.7 Å². The molecule has 6 rings (SSSR count). The van der Waals surface area contributed by atoms with E-state index in [4.69, 9.17) is 9.97 Å². The third-order valence-corrected chi connectivity index (χ3v) is 7.66. The molecule has 0 radical (unpaired) electrons. The highest BCUT2D eigenvalue weighted by Crippen LogP contribution is 2.46. The molecule has 0 bridgehead atoms. The van der Waals surface area contributed by atoms with E-state index in [0.717, 1.165) is 63.2 Å². The molecule has 160 valence electrons. The maximum atomic E-state index is 13.8. The quantitative estimate of drug-likeness (QED) is 0.395. The van der Waals surface area contributed by atoms with Gasteiger partial charge >= 0.3 is 0 Å². The van der Waals surface area contributed by atoms with Crippen molar-refractivity contribution >= 4 is 32.8 Å². The molecular weight excluding hydrogens is 445 g/mol. The van der Waals surface area contributed by atoms with E-state index in [9.17, 15) is 9.50 Å². The lowest BCUT2D eigenvalue weighted by Crippen LogP contribution is -2.22. The zero-order chi connectivity index (χ0) is 21.8. The van der Waals surface area contributed by atoms with Crippen LogP contribution in [0.5, 0.6) is 5.75 Å². The molecule has 4 aromatic heterocycles. The zero-order valence-corrected chi connectivity index (χ0v) is 18.7. The van der Waals surface area contributed by atoms with E-state index in [2.05, 4.69) is 10.4 Å². The summed E-state index contributed by atoms with van der Waals surface area (Å²) in [6, 6.07) is 6.15. The summed E-state index contributed by atoms with van der Waals surface area (Å²) in [5.74, 6) is -0.592. The molecule has 0 spiro atoms. The third-order valence-electron chi connectivity index (χ3n) is 5.62. The Balaban J connectivity index is 1.69. The van der Waals surface area contributed by atoms with Crippen molar-refractivity contribution in [3.8, 4) is 38.8 Å². The highest BCUT2D eigenvalue weighted by atomic mass is 32.1. The third kappa shape index (κ3) is 3.12. The van der Waals surface area contributed by atoms with Crippen molar-refractivity contribution in [1.29, 1.82) is 0 Å². The number of pyridine rings is 1. The number of rotatable bonds is 3. The summed E-state index contributed by atoms with van der Waals surface area (Å²) in [5.41, 5.74) is 4.84. The van der Waals surface area contributed by atoms with Crippen LogP contribution in [0.3, 0.4) is 0 Å². The van der Waals surface area contributed by atoms with Gasteiger partial charge in [-0.25, -0.2) is 14.4 Å². The van der Waals surface area contributed by atoms with Crippen molar-refractivity contribution in [3.05, 3.63) is 58.4 Å². The lowest BCUT2D eigenvalue weighted by atomic mass is 9.99. The van der Waals surface area contributed by atoms with Crippen LogP contribution in [0.25, 0.3) is 43.2 Å². The topological polar surface area (TPSA) is 75.9 Å². The molecule has 0 unspecified atom stereocenters. The summed E-state index contributed by atoms with van der Waals surface area (Å²) in [5, 5.41) is 22.2. The standard InChI is InChI=1S/C23H18FN5OS2/c1-29-11-12(9-26-29)20-15-5-7-31-22(15)19(14-3-2-13(24)8-17(14)30)21(28-20)23-27-16-4-6-25-10-18(16)32-23/h2-3,5,7-9,11,25,30H,4,6,10H2,1H3. The van der Waals surface area contributed by atoms with Gasteiger partial charge in [0.15, 0.2) is 0 Å². The first kappa shape index (κ1) is 19.5. The lowest BCUT2D eigenvalue weighted by Gasteiger charge is -2.13. The number of halogens is 1. The number of fused-ring (bicyclic) bond motifs is 2. The van der Waals surface area contributed by atoms with Crippen molar-refractivity contribution in [2.24, 2.45) is 7.05 Å². The van der Waals surface area contributed by atoms with Gasteiger partial charge in [0.05, 0.1) is 17.6 Å². The van der Waals surface area contributed by atoms with Gasteiger partial charge in [-0.3, -0.25) is 4.68 Å². The number of aromatic nitrogens is 4. The Kier molecular flexibility index (Phi) is 4.56. The number of hydrogen-bond donors (Lipinski definition) is 2. The van der Waals surface area contributed by atoms with Crippen LogP contribution in [0, 0.1) is 5.82 Å². The average molecular weight is 464 g/mol. The molecule has 1 aliphatic heterocycles. The van der Waals surface area contributed by atoms with E-state index in [1.54, 1.807) is 39.6 Å². The van der Waals surface area contributed by atoms with Crippen LogP contribution < -0.4 is 5.32 Å². The van der Waals surface area contributed by atoms with Crippen LogP contribution in [0.15, 0.2) is 42.0 Å². The fourth-order valence-corrected chi connectivity index (χ4v) is 6.17. The second-order valence-electron chi connectivity index (χ2n) is 7.73. The number of phenolic OH excluding ortho intramolecular Hbond substituents is 1. The normalized spacial score (nSPS) is 13.6. The minimum Gasteiger partial charge on any atom is -0.507 e. The first-order chi connectivity index (χ1) is 15.6. The molecule has 9 heteroatoms. The second-order valence-corrected chi connectivity index (χ2v) is 9.73. The first-order valence-corrected chi connectivity index (χ1v) is 11.9. The summed E-state index contributed by atoms with van der Waals surface area (Å²) in [6.45, 7) is 1.70. The smallest absolute Gasteiger partial charge is 0.143 e. The van der Waals surface area contributed by atoms with E-state index < -0.39 is 5.82 Å². The molecule has 0 atom stereocenters. The zero-order valence-electron chi connectivity index (χ0n) is 17.1. The molecule has 0 amide bonds. The fourth-order valence-electron chi connectivity index (χ4n) is 4.14. The highest BCUT2D eigenvalue weighted by Gasteiger charge is 2.25. The Hall–Kier alpha value is -3.14. The Morgan fingerprint density at radius 1 is 1.19 bits per heavy atom. The van der Waals surface area contributed by atoms with E-state index >= 15 is 0 Å². The number of thiophene rings is 1. The lowest BCUT2D eigenvalue weighted by molar-refractivity contribution is 0.471. The largest absolute Gasteiger partial charge is 0.507 e. The van der Waals surface area contributed by atoms with Crippen LogP contribution in [-0.2, 0) is 20.0 Å². The highest BCUT2D eigenvalue weighted by molar-refractivity contribution is 7.18. The summed E-state index contributed by atoms with van der Waals surface area (Å²) < 4.78 is 16.5. The van der Waals surface area contributed by atoms with Crippen molar-refractivity contribution in [1.82, 2.24) is 25.1 Å². The summed E-state index contributed by atoms with van der Waals surface area (Å²) in [7, 11) is 1.88. The summed E-state index contributed by atoms with van der Waals surface area (Å²) in [6.07, 6.45) is 4.61. The predicted octanol–water partition coefficient (Wildman–Crippen LogP) is 4.98. The van der Waals surface area contributed by atoms with Crippen LogP contribution in [0.4, 0.5) is 4.39 Å². The average Bonchev–Trinajstić information content (AvgIpc) is 3.52. The Morgan fingerprint density at radius 3 is 2.88 bits per heavy atom. The predicted molar refractivity (Wildman–Crippen MR) is 125 cm³/mol. The number of aryl methyl sites for hydroxylation is 1. The maximum absolute atomic E-state index is 13.8. The Labute approximate surface area is 191 Å². The van der Waals surface area contributed by atoms with E-state index in [0.29, 0.717) is 11.3 Å². The van der Waals surface area contributed by atoms with Crippen LogP contribution in [-0.4, -0.2) is 31.4 Å². The van der Waals surface area contributed by atoms with E-state index in [1.807, 2.05) is 24.7 Å². The van der Waals surface area contributed by atoms with Gasteiger partial charge in [0.25, 0.3) is 0 Å². The monoisotopic (exact) mass is 463 g/mol. The summed E-state index contributed by atoms with van der Waals surface area (Å²) in [4.78, 5) is 11.2. The Morgan fingerprint density at radius 2 is 2.09 bits per heavy atom. The van der Waals surface area contributed by atoms with Gasteiger partial charge < -0.3 is 10.4 Å². The molecule has 0 fully saturated rings. The van der Waals surface area contributed by atoms with Gasteiger partial charge in [-0.2, -0.15) is 5.10 Å². The van der Waals surface area contributed by atoms with Gasteiger partial charge in [0, 0.05) is 70.5 Å². The van der Waals surface area contributed by atoms with Crippen molar-refractivity contribution in [3.63, 3.8) is 0 Å². The number of nitrogens with one attached hydrogen (secondary N) is 1. The molecule has 1 aliphatic rings. The second kappa shape index (κ2) is 7.47. The van der Waals surface area contributed by atoms with Crippen LogP contribution in [0.2, 0.25) is 0 Å². The van der Waals surface area contributed by atoms with Crippen molar-refractivity contribution < 1.29 is 9.50 Å². The molecule has 2 N–H and O–H groups in total. The van der Waals surface area contributed by atoms with Gasteiger partial charge in [-0.05, 0) is 23.6 Å². The maximum Gasteiger partial charge on any atom is 0.143 e. The molecule has 5 heterocycles. The number of thiazole rings is 1. The Bertz CT molecular complexity index is 1460. The van der Waals surface area contributed by atoms with Gasteiger partial charge in [-0.15, -0.1) is 22.7 Å². The molecule has 32 heavy (non-hydrogen) atoms. The van der Waals surface area contributed by atoms with E-state index in [-0.39, 0.29) is 5.75 Å². The minimum absolute atomic E-state index is 0.111. The van der Waals surface area contributed by atoms with Crippen molar-refractivity contribution in [2.45, 2.75) is 13.0 Å². The first-order valence-electron chi connectivity index (χ1n) is 10.2. The molecule has 0 saturated heterocycles. The molecular formula is C23H18FN5OS2. The molecule has 0 saturated carbocycles. The fraction of sp³-hybridized carbons (Fsp3) is 0.174. The summed E-state index contributed by atoms with van der Waals surface area (Å²) >= 11 is 3.19. The number of phenols is 1. The molecule has 6 nitrogen and oxygen atoms in total. The van der Waals surface area contributed by atoms with E-state index in [1.165, 1.54) is 10.9 Å². The molecule has 0 aliphatic carbocycles. The molecule has 1 aromatic carbocycles. The number of aromatic hydroxyl groups is 1. The minimum atomic E-state index is -0.481. The van der Waals surface area contributed by atoms with Crippen LogP contribution in [0.1, 0.15) is 10.6 Å².